The summed E-state index contributed by atoms with van der Waals surface area (Å²) in [5.41, 5.74) is 0.692. The van der Waals surface area contributed by atoms with Crippen LogP contribution in [0.5, 0.6) is 11.5 Å². The Hall–Kier alpha value is -3.07. The third-order valence-corrected chi connectivity index (χ3v) is 5.28. The maximum absolute atomic E-state index is 12.3. The van der Waals surface area contributed by atoms with Crippen molar-refractivity contribution in [1.29, 1.82) is 0 Å². The van der Waals surface area contributed by atoms with Gasteiger partial charge in [0, 0.05) is 19.8 Å². The summed E-state index contributed by atoms with van der Waals surface area (Å²) in [4.78, 5) is 25.8. The molecule has 0 unspecified atom stereocenters. The van der Waals surface area contributed by atoms with Gasteiger partial charge in [-0.3, -0.25) is 4.79 Å². The van der Waals surface area contributed by atoms with Crippen LogP contribution in [0.1, 0.15) is 15.9 Å². The fourth-order valence-electron chi connectivity index (χ4n) is 2.61. The molecule has 0 saturated heterocycles. The van der Waals surface area contributed by atoms with Gasteiger partial charge in [-0.1, -0.05) is 18.2 Å². The number of carbonyl (C=O) groups excluding carboxylic acids is 2. The quantitative estimate of drug-likeness (QED) is 0.601. The highest BCUT2D eigenvalue weighted by molar-refractivity contribution is 7.90. The molecule has 2 rings (SSSR count). The molecule has 1 amide bonds. The molecule has 2 aromatic carbocycles. The Kier molecular flexibility index (Phi) is 7.22. The zero-order valence-corrected chi connectivity index (χ0v) is 17.5. The summed E-state index contributed by atoms with van der Waals surface area (Å²) >= 11 is 0. The first kappa shape index (κ1) is 22.2. The van der Waals surface area contributed by atoms with E-state index in [0.29, 0.717) is 11.5 Å². The monoisotopic (exact) mass is 421 g/mol. The topological polar surface area (TPSA) is 99.2 Å². The van der Waals surface area contributed by atoms with Gasteiger partial charge in [-0.15, -0.1) is 0 Å². The number of benzene rings is 2. The van der Waals surface area contributed by atoms with Gasteiger partial charge in [0.2, 0.25) is 0 Å². The number of amides is 1. The number of rotatable bonds is 8. The molecule has 0 saturated carbocycles. The van der Waals surface area contributed by atoms with E-state index in [2.05, 4.69) is 0 Å². The highest BCUT2D eigenvalue weighted by Gasteiger charge is 2.21. The van der Waals surface area contributed by atoms with Gasteiger partial charge in [0.1, 0.15) is 0 Å². The molecule has 0 N–H and O–H groups in total. The normalized spacial score (nSPS) is 10.9. The second kappa shape index (κ2) is 9.42. The Bertz CT molecular complexity index is 1000. The average molecular weight is 421 g/mol. The Morgan fingerprint density at radius 1 is 1.00 bits per heavy atom. The first-order chi connectivity index (χ1) is 13.7. The lowest BCUT2D eigenvalue weighted by Crippen LogP contribution is -2.31. The Morgan fingerprint density at radius 3 is 2.28 bits per heavy atom. The van der Waals surface area contributed by atoms with Crippen molar-refractivity contribution < 1.29 is 32.2 Å². The van der Waals surface area contributed by atoms with Crippen LogP contribution in [0.15, 0.2) is 47.4 Å². The highest BCUT2D eigenvalue weighted by atomic mass is 32.2. The maximum Gasteiger partial charge on any atom is 0.339 e. The second-order valence-corrected chi connectivity index (χ2v) is 8.27. The molecule has 0 radical (unpaired) electrons. The number of ether oxygens (including phenoxy) is 3. The van der Waals surface area contributed by atoms with E-state index < -0.39 is 28.3 Å². The predicted octanol–water partition coefficient (Wildman–Crippen LogP) is 1.92. The number of nitrogens with zero attached hydrogens (tertiary/aromatic N) is 1. The van der Waals surface area contributed by atoms with Crippen molar-refractivity contribution in [3.63, 3.8) is 0 Å². The smallest absolute Gasteiger partial charge is 0.339 e. The summed E-state index contributed by atoms with van der Waals surface area (Å²) in [6.07, 6.45) is 1.00. The third kappa shape index (κ3) is 5.71. The maximum atomic E-state index is 12.3. The molecular formula is C20H23NO7S. The number of methoxy groups -OCH3 is 2. The van der Waals surface area contributed by atoms with Crippen LogP contribution in [0.3, 0.4) is 0 Å². The molecule has 0 bridgehead atoms. The third-order valence-electron chi connectivity index (χ3n) is 4.13. The van der Waals surface area contributed by atoms with E-state index >= 15 is 0 Å². The van der Waals surface area contributed by atoms with Crippen LogP contribution in [0.4, 0.5) is 0 Å². The van der Waals surface area contributed by atoms with Crippen molar-refractivity contribution >= 4 is 21.7 Å². The lowest BCUT2D eigenvalue weighted by atomic mass is 10.2. The molecule has 0 aromatic heterocycles. The van der Waals surface area contributed by atoms with Gasteiger partial charge in [-0.05, 0) is 29.8 Å². The van der Waals surface area contributed by atoms with Gasteiger partial charge in [-0.2, -0.15) is 0 Å². The first-order valence-corrected chi connectivity index (χ1v) is 10.5. The largest absolute Gasteiger partial charge is 0.493 e. The summed E-state index contributed by atoms with van der Waals surface area (Å²) < 4.78 is 39.1. The summed E-state index contributed by atoms with van der Waals surface area (Å²) in [7, 11) is 1.01. The van der Waals surface area contributed by atoms with Crippen molar-refractivity contribution in [2.45, 2.75) is 11.4 Å². The van der Waals surface area contributed by atoms with Crippen molar-refractivity contribution in [3.8, 4) is 11.5 Å². The highest BCUT2D eigenvalue weighted by Crippen LogP contribution is 2.28. The molecule has 0 aliphatic heterocycles. The molecule has 0 fully saturated rings. The van der Waals surface area contributed by atoms with Crippen molar-refractivity contribution in [1.82, 2.24) is 4.90 Å². The molecule has 0 spiro atoms. The van der Waals surface area contributed by atoms with E-state index in [4.69, 9.17) is 14.2 Å². The van der Waals surface area contributed by atoms with Crippen LogP contribution >= 0.6 is 0 Å². The van der Waals surface area contributed by atoms with Crippen molar-refractivity contribution in [2.75, 3.05) is 34.1 Å². The molecule has 8 nitrogen and oxygen atoms in total. The fourth-order valence-corrected chi connectivity index (χ4v) is 3.49. The number of carbonyl (C=O) groups is 2. The predicted molar refractivity (Wildman–Crippen MR) is 106 cm³/mol. The molecular weight excluding hydrogens is 398 g/mol. The summed E-state index contributed by atoms with van der Waals surface area (Å²) in [5, 5.41) is 0. The molecule has 0 heterocycles. The van der Waals surface area contributed by atoms with Gasteiger partial charge >= 0.3 is 5.97 Å². The van der Waals surface area contributed by atoms with Crippen molar-refractivity contribution in [2.24, 2.45) is 0 Å². The van der Waals surface area contributed by atoms with Gasteiger partial charge in [0.25, 0.3) is 5.91 Å². The van der Waals surface area contributed by atoms with Crippen LogP contribution in [-0.4, -0.2) is 59.3 Å². The summed E-state index contributed by atoms with van der Waals surface area (Å²) in [6.45, 7) is -0.253. The number of esters is 1. The Labute approximate surface area is 169 Å². The number of sulfone groups is 1. The zero-order chi connectivity index (χ0) is 21.6. The van der Waals surface area contributed by atoms with Crippen LogP contribution in [0.2, 0.25) is 0 Å². The van der Waals surface area contributed by atoms with E-state index in [0.717, 1.165) is 11.8 Å². The zero-order valence-electron chi connectivity index (χ0n) is 16.7. The van der Waals surface area contributed by atoms with E-state index in [1.54, 1.807) is 25.2 Å². The first-order valence-electron chi connectivity index (χ1n) is 8.58. The minimum atomic E-state index is -3.60. The van der Waals surface area contributed by atoms with Crippen LogP contribution in [0.25, 0.3) is 0 Å². The van der Waals surface area contributed by atoms with E-state index in [1.165, 1.54) is 43.4 Å². The van der Waals surface area contributed by atoms with E-state index in [-0.39, 0.29) is 17.0 Å². The molecule has 156 valence electrons. The Balaban J connectivity index is 2.02. The van der Waals surface area contributed by atoms with Crippen molar-refractivity contribution in [3.05, 3.63) is 53.6 Å². The fraction of sp³-hybridized carbons (Fsp3) is 0.300. The molecule has 0 aliphatic carbocycles. The van der Waals surface area contributed by atoms with Crippen LogP contribution in [0, 0.1) is 0 Å². The number of likely N-dealkylation sites (N-methyl/N-ethyl adjacent to an activating group) is 1. The van der Waals surface area contributed by atoms with E-state index in [9.17, 15) is 18.0 Å². The molecule has 0 aliphatic rings. The molecule has 2 aromatic rings. The standard InChI is InChI=1S/C20H23NO7S/c1-21(12-14-9-10-16(26-2)17(11-14)27-3)19(22)13-28-20(23)15-7-5-6-8-18(15)29(4,24)25/h5-11H,12-13H2,1-4H3. The molecule has 0 atom stereocenters. The Morgan fingerprint density at radius 2 is 1.66 bits per heavy atom. The minimum Gasteiger partial charge on any atom is -0.493 e. The summed E-state index contributed by atoms with van der Waals surface area (Å²) in [5.74, 6) is -0.206. The van der Waals surface area contributed by atoms with Gasteiger partial charge < -0.3 is 19.1 Å². The lowest BCUT2D eigenvalue weighted by Gasteiger charge is -2.18. The van der Waals surface area contributed by atoms with Gasteiger partial charge in [0.15, 0.2) is 27.9 Å². The molecule has 29 heavy (non-hydrogen) atoms. The van der Waals surface area contributed by atoms with Gasteiger partial charge in [-0.25, -0.2) is 13.2 Å². The van der Waals surface area contributed by atoms with E-state index in [1.807, 2.05) is 0 Å². The number of hydrogen-bond acceptors (Lipinski definition) is 7. The van der Waals surface area contributed by atoms with Gasteiger partial charge in [0.05, 0.1) is 24.7 Å². The lowest BCUT2D eigenvalue weighted by molar-refractivity contribution is -0.133. The van der Waals surface area contributed by atoms with Crippen LogP contribution < -0.4 is 9.47 Å². The minimum absolute atomic E-state index is 0.106. The SMILES string of the molecule is COc1ccc(CN(C)C(=O)COC(=O)c2ccccc2S(C)(=O)=O)cc1OC. The molecule has 9 heteroatoms. The summed E-state index contributed by atoms with van der Waals surface area (Å²) in [6, 6.07) is 11.0. The average Bonchev–Trinajstić information content (AvgIpc) is 2.70. The van der Waals surface area contributed by atoms with Crippen LogP contribution in [-0.2, 0) is 25.9 Å². The second-order valence-electron chi connectivity index (χ2n) is 6.28. The number of hydrogen-bond donors (Lipinski definition) is 0.